The molecule has 3 rings (SSSR count). The Balaban J connectivity index is 1.68. The number of carbonyl (C=O) groups excluding carboxylic acids is 2. The van der Waals surface area contributed by atoms with Gasteiger partial charge in [0.2, 0.25) is 5.91 Å². The van der Waals surface area contributed by atoms with E-state index < -0.39 is 0 Å². The van der Waals surface area contributed by atoms with Gasteiger partial charge < -0.3 is 20.3 Å². The number of benzene rings is 2. The van der Waals surface area contributed by atoms with Gasteiger partial charge in [0.25, 0.3) is 5.91 Å². The van der Waals surface area contributed by atoms with Crippen molar-refractivity contribution in [2.24, 2.45) is 0 Å². The fourth-order valence-corrected chi connectivity index (χ4v) is 4.14. The molecule has 0 radical (unpaired) electrons. The van der Waals surface area contributed by atoms with Gasteiger partial charge in [0.15, 0.2) is 0 Å². The molecule has 1 saturated heterocycles. The number of rotatable bonds is 7. The highest BCUT2D eigenvalue weighted by Crippen LogP contribution is 2.26. The van der Waals surface area contributed by atoms with Crippen LogP contribution in [0, 0.1) is 6.92 Å². The van der Waals surface area contributed by atoms with E-state index in [1.54, 1.807) is 6.07 Å². The van der Waals surface area contributed by atoms with Crippen LogP contribution < -0.4 is 15.5 Å². The van der Waals surface area contributed by atoms with Gasteiger partial charge in [-0.1, -0.05) is 12.1 Å². The van der Waals surface area contributed by atoms with E-state index in [0.717, 1.165) is 48.1 Å². The molecule has 2 aromatic carbocycles. The van der Waals surface area contributed by atoms with Crippen LogP contribution in [0.15, 0.2) is 47.4 Å². The van der Waals surface area contributed by atoms with Crippen molar-refractivity contribution in [2.45, 2.75) is 31.7 Å². The standard InChI is InChI=1S/C23H29N3O3S/c1-16(2)24-22(27)15-30-21-7-5-4-6-19(21)23(28)25-20-9-8-18(14-17(20)3)26-10-12-29-13-11-26/h4-9,14,16H,10-13,15H2,1-3H3,(H,24,27)(H,25,28). The first-order valence-electron chi connectivity index (χ1n) is 10.2. The summed E-state index contributed by atoms with van der Waals surface area (Å²) in [5.74, 6) is 0.0554. The maximum absolute atomic E-state index is 12.9. The summed E-state index contributed by atoms with van der Waals surface area (Å²) in [5, 5.41) is 5.89. The Hall–Kier alpha value is -2.51. The van der Waals surface area contributed by atoms with Crippen molar-refractivity contribution in [3.05, 3.63) is 53.6 Å². The summed E-state index contributed by atoms with van der Waals surface area (Å²) in [7, 11) is 0. The maximum Gasteiger partial charge on any atom is 0.256 e. The Bertz CT molecular complexity index is 895. The molecule has 1 fully saturated rings. The molecular weight excluding hydrogens is 398 g/mol. The van der Waals surface area contributed by atoms with Gasteiger partial charge in [-0.15, -0.1) is 11.8 Å². The SMILES string of the molecule is Cc1cc(N2CCOCC2)ccc1NC(=O)c1ccccc1SCC(=O)NC(C)C. The summed E-state index contributed by atoms with van der Waals surface area (Å²) in [4.78, 5) is 28.0. The van der Waals surface area contributed by atoms with Gasteiger partial charge in [0.1, 0.15) is 0 Å². The van der Waals surface area contributed by atoms with Crippen molar-refractivity contribution in [1.29, 1.82) is 0 Å². The largest absolute Gasteiger partial charge is 0.378 e. The number of morpholine rings is 1. The van der Waals surface area contributed by atoms with E-state index in [1.165, 1.54) is 11.8 Å². The highest BCUT2D eigenvalue weighted by molar-refractivity contribution is 8.00. The van der Waals surface area contributed by atoms with Gasteiger partial charge in [-0.3, -0.25) is 9.59 Å². The van der Waals surface area contributed by atoms with Crippen LogP contribution in [-0.2, 0) is 9.53 Å². The number of aryl methyl sites for hydroxylation is 1. The summed E-state index contributed by atoms with van der Waals surface area (Å²) in [6, 6.07) is 13.5. The average molecular weight is 428 g/mol. The Morgan fingerprint density at radius 2 is 1.87 bits per heavy atom. The van der Waals surface area contributed by atoms with Crippen LogP contribution in [0.2, 0.25) is 0 Å². The van der Waals surface area contributed by atoms with E-state index in [4.69, 9.17) is 4.74 Å². The van der Waals surface area contributed by atoms with Gasteiger partial charge in [-0.2, -0.15) is 0 Å². The average Bonchev–Trinajstić information content (AvgIpc) is 2.74. The summed E-state index contributed by atoms with van der Waals surface area (Å²) in [5.41, 5.74) is 3.50. The minimum Gasteiger partial charge on any atom is -0.378 e. The highest BCUT2D eigenvalue weighted by Gasteiger charge is 2.16. The monoisotopic (exact) mass is 427 g/mol. The summed E-state index contributed by atoms with van der Waals surface area (Å²) >= 11 is 1.37. The van der Waals surface area contributed by atoms with Crippen LogP contribution in [0.5, 0.6) is 0 Å². The molecule has 0 bridgehead atoms. The number of thioether (sulfide) groups is 1. The van der Waals surface area contributed by atoms with E-state index >= 15 is 0 Å². The lowest BCUT2D eigenvalue weighted by atomic mass is 10.1. The fourth-order valence-electron chi connectivity index (χ4n) is 3.28. The molecule has 6 nitrogen and oxygen atoms in total. The first-order chi connectivity index (χ1) is 14.4. The van der Waals surface area contributed by atoms with E-state index in [1.807, 2.05) is 51.1 Å². The number of anilines is 2. The van der Waals surface area contributed by atoms with Crippen LogP contribution in [-0.4, -0.2) is 49.9 Å². The number of hydrogen-bond donors (Lipinski definition) is 2. The highest BCUT2D eigenvalue weighted by atomic mass is 32.2. The number of nitrogens with zero attached hydrogens (tertiary/aromatic N) is 1. The van der Waals surface area contributed by atoms with Crippen molar-refractivity contribution in [2.75, 3.05) is 42.3 Å². The Morgan fingerprint density at radius 3 is 2.57 bits per heavy atom. The molecule has 7 heteroatoms. The number of ether oxygens (including phenoxy) is 1. The van der Waals surface area contributed by atoms with E-state index in [-0.39, 0.29) is 23.6 Å². The smallest absolute Gasteiger partial charge is 0.256 e. The predicted molar refractivity (Wildman–Crippen MR) is 123 cm³/mol. The molecule has 2 aromatic rings. The lowest BCUT2D eigenvalue weighted by molar-refractivity contribution is -0.119. The molecule has 0 spiro atoms. The normalized spacial score (nSPS) is 13.9. The van der Waals surface area contributed by atoms with E-state index in [2.05, 4.69) is 21.6 Å². The minimum absolute atomic E-state index is 0.0419. The Morgan fingerprint density at radius 1 is 1.13 bits per heavy atom. The van der Waals surface area contributed by atoms with Gasteiger partial charge >= 0.3 is 0 Å². The molecular formula is C23H29N3O3S. The van der Waals surface area contributed by atoms with Crippen LogP contribution in [0.1, 0.15) is 29.8 Å². The molecule has 30 heavy (non-hydrogen) atoms. The summed E-state index contributed by atoms with van der Waals surface area (Å²) in [6.45, 7) is 9.08. The first kappa shape index (κ1) is 22.2. The third-order valence-electron chi connectivity index (χ3n) is 4.77. The van der Waals surface area contributed by atoms with Crippen LogP contribution in [0.3, 0.4) is 0 Å². The zero-order valence-corrected chi connectivity index (χ0v) is 18.6. The lowest BCUT2D eigenvalue weighted by Crippen LogP contribution is -2.36. The third kappa shape index (κ3) is 6.00. The molecule has 0 unspecified atom stereocenters. The molecule has 1 aliphatic heterocycles. The number of nitrogens with one attached hydrogen (secondary N) is 2. The molecule has 2 amide bonds. The van der Waals surface area contributed by atoms with Gasteiger partial charge in [0, 0.05) is 35.4 Å². The second-order valence-corrected chi connectivity index (χ2v) is 8.58. The first-order valence-corrected chi connectivity index (χ1v) is 11.2. The van der Waals surface area contributed by atoms with Crippen molar-refractivity contribution in [1.82, 2.24) is 5.32 Å². The second kappa shape index (κ2) is 10.5. The zero-order valence-electron chi connectivity index (χ0n) is 17.7. The minimum atomic E-state index is -0.176. The van der Waals surface area contributed by atoms with Crippen LogP contribution in [0.25, 0.3) is 0 Å². The number of amides is 2. The summed E-state index contributed by atoms with van der Waals surface area (Å²) < 4.78 is 5.42. The number of carbonyl (C=O) groups is 2. The third-order valence-corrected chi connectivity index (χ3v) is 5.85. The molecule has 1 heterocycles. The molecule has 0 atom stereocenters. The molecule has 1 aliphatic rings. The second-order valence-electron chi connectivity index (χ2n) is 7.56. The maximum atomic E-state index is 12.9. The number of hydrogen-bond acceptors (Lipinski definition) is 5. The van der Waals surface area contributed by atoms with E-state index in [9.17, 15) is 9.59 Å². The molecule has 160 valence electrons. The van der Waals surface area contributed by atoms with Gasteiger partial charge in [0.05, 0.1) is 24.5 Å². The van der Waals surface area contributed by atoms with Crippen molar-refractivity contribution < 1.29 is 14.3 Å². The lowest BCUT2D eigenvalue weighted by Gasteiger charge is -2.29. The van der Waals surface area contributed by atoms with Crippen molar-refractivity contribution in [3.8, 4) is 0 Å². The molecule has 0 saturated carbocycles. The van der Waals surface area contributed by atoms with Crippen molar-refractivity contribution >= 4 is 35.0 Å². The summed E-state index contributed by atoms with van der Waals surface area (Å²) in [6.07, 6.45) is 0. The van der Waals surface area contributed by atoms with Crippen molar-refractivity contribution in [3.63, 3.8) is 0 Å². The van der Waals surface area contributed by atoms with Gasteiger partial charge in [-0.25, -0.2) is 0 Å². The Kier molecular flexibility index (Phi) is 7.76. The topological polar surface area (TPSA) is 70.7 Å². The quantitative estimate of drug-likeness (QED) is 0.660. The van der Waals surface area contributed by atoms with E-state index in [0.29, 0.717) is 5.56 Å². The fraction of sp³-hybridized carbons (Fsp3) is 0.391. The Labute approximate surface area is 182 Å². The zero-order chi connectivity index (χ0) is 21.5. The predicted octanol–water partition coefficient (Wildman–Crippen LogP) is 3.70. The molecule has 0 aromatic heterocycles. The van der Waals surface area contributed by atoms with Crippen LogP contribution >= 0.6 is 11.8 Å². The van der Waals surface area contributed by atoms with Crippen LogP contribution in [0.4, 0.5) is 11.4 Å². The molecule has 2 N–H and O–H groups in total. The van der Waals surface area contributed by atoms with Gasteiger partial charge in [-0.05, 0) is 56.7 Å². The molecule has 0 aliphatic carbocycles.